The molecule has 0 saturated carbocycles. The summed E-state index contributed by atoms with van der Waals surface area (Å²) in [6.45, 7) is 1.67. The van der Waals surface area contributed by atoms with Gasteiger partial charge in [0.15, 0.2) is 0 Å². The van der Waals surface area contributed by atoms with Crippen molar-refractivity contribution in [3.8, 4) is 17.0 Å². The average Bonchev–Trinajstić information content (AvgIpc) is 2.97. The number of aromatic amines is 1. The molecule has 3 heterocycles. The highest BCUT2D eigenvalue weighted by Crippen LogP contribution is 2.40. The highest BCUT2D eigenvalue weighted by Gasteiger charge is 2.36. The van der Waals surface area contributed by atoms with Gasteiger partial charge in [-0.25, -0.2) is 9.97 Å². The molecule has 4 rings (SSSR count). The molecule has 29 heavy (non-hydrogen) atoms. The zero-order valence-electron chi connectivity index (χ0n) is 15.9. The summed E-state index contributed by atoms with van der Waals surface area (Å²) >= 11 is 0. The van der Waals surface area contributed by atoms with Crippen LogP contribution in [-0.4, -0.2) is 41.2 Å². The number of nitrogens with one attached hydrogen (secondary N) is 3. The maximum atomic E-state index is 13.7. The van der Waals surface area contributed by atoms with E-state index in [2.05, 4.69) is 25.6 Å². The van der Waals surface area contributed by atoms with Crippen molar-refractivity contribution in [1.29, 1.82) is 0 Å². The van der Waals surface area contributed by atoms with Gasteiger partial charge in [-0.05, 0) is 25.5 Å². The van der Waals surface area contributed by atoms with Gasteiger partial charge in [0.2, 0.25) is 5.95 Å². The van der Waals surface area contributed by atoms with Crippen molar-refractivity contribution in [3.05, 3.63) is 36.2 Å². The van der Waals surface area contributed by atoms with Crippen molar-refractivity contribution < 1.29 is 17.9 Å². The van der Waals surface area contributed by atoms with E-state index in [1.54, 1.807) is 18.2 Å². The normalized spacial score (nSPS) is 17.9. The molecule has 0 bridgehead atoms. The fraction of sp³-hybridized carbons (Fsp3) is 0.400. The van der Waals surface area contributed by atoms with Crippen molar-refractivity contribution in [1.82, 2.24) is 20.3 Å². The number of fused-ring (bicyclic) bond motifs is 1. The van der Waals surface area contributed by atoms with Crippen molar-refractivity contribution >= 4 is 16.9 Å². The summed E-state index contributed by atoms with van der Waals surface area (Å²) in [7, 11) is 1.52. The lowest BCUT2D eigenvalue weighted by Crippen LogP contribution is -2.31. The Bertz CT molecular complexity index is 993. The van der Waals surface area contributed by atoms with Gasteiger partial charge in [-0.15, -0.1) is 0 Å². The van der Waals surface area contributed by atoms with E-state index in [0.29, 0.717) is 22.2 Å². The molecule has 0 spiro atoms. The number of anilines is 1. The Kier molecular flexibility index (Phi) is 5.31. The van der Waals surface area contributed by atoms with Crippen molar-refractivity contribution in [2.24, 2.45) is 0 Å². The molecule has 1 aromatic carbocycles. The monoisotopic (exact) mass is 405 g/mol. The molecule has 0 unspecified atom stereocenters. The first-order chi connectivity index (χ1) is 14.0. The minimum atomic E-state index is -4.57. The number of hydrogen-bond donors (Lipinski definition) is 3. The number of aromatic nitrogens is 3. The lowest BCUT2D eigenvalue weighted by Gasteiger charge is -2.18. The Morgan fingerprint density at radius 2 is 2.10 bits per heavy atom. The van der Waals surface area contributed by atoms with Gasteiger partial charge in [0.25, 0.3) is 0 Å². The molecule has 2 aromatic heterocycles. The Morgan fingerprint density at radius 3 is 2.90 bits per heavy atom. The van der Waals surface area contributed by atoms with Gasteiger partial charge in [-0.3, -0.25) is 0 Å². The molecule has 3 N–H and O–H groups in total. The minimum absolute atomic E-state index is 0.0742. The molecule has 0 aliphatic carbocycles. The van der Waals surface area contributed by atoms with Crippen LogP contribution in [-0.2, 0) is 6.18 Å². The van der Waals surface area contributed by atoms with E-state index in [1.807, 2.05) is 0 Å². The molecular formula is C20H22F3N5O. The summed E-state index contributed by atoms with van der Waals surface area (Å²) < 4.78 is 46.4. The Balaban J connectivity index is 1.78. The summed E-state index contributed by atoms with van der Waals surface area (Å²) in [6, 6.07) is 5.31. The molecule has 3 aromatic rings. The molecular weight excluding hydrogens is 383 g/mol. The van der Waals surface area contributed by atoms with Crippen LogP contribution in [0.1, 0.15) is 24.8 Å². The Labute approximate surface area is 165 Å². The van der Waals surface area contributed by atoms with Crippen LogP contribution in [0.25, 0.3) is 22.2 Å². The number of halogens is 3. The number of methoxy groups -OCH3 is 1. The average molecular weight is 405 g/mol. The zero-order valence-corrected chi connectivity index (χ0v) is 15.9. The molecule has 0 amide bonds. The fourth-order valence-corrected chi connectivity index (χ4v) is 3.68. The summed E-state index contributed by atoms with van der Waals surface area (Å²) in [4.78, 5) is 11.2. The lowest BCUT2D eigenvalue weighted by molar-refractivity contribution is -0.137. The number of nitrogens with zero attached hydrogens (tertiary/aromatic N) is 2. The van der Waals surface area contributed by atoms with Crippen molar-refractivity contribution in [2.75, 3.05) is 25.5 Å². The van der Waals surface area contributed by atoms with Crippen LogP contribution in [0.15, 0.2) is 30.6 Å². The minimum Gasteiger partial charge on any atom is -0.495 e. The van der Waals surface area contributed by atoms with Gasteiger partial charge in [0.1, 0.15) is 11.3 Å². The number of hydrogen-bond acceptors (Lipinski definition) is 5. The zero-order chi connectivity index (χ0) is 20.4. The van der Waals surface area contributed by atoms with Crippen molar-refractivity contribution in [2.45, 2.75) is 31.5 Å². The number of ether oxygens (including phenoxy) is 1. The van der Waals surface area contributed by atoms with Gasteiger partial charge in [-0.1, -0.05) is 18.6 Å². The second-order valence-corrected chi connectivity index (χ2v) is 7.08. The number of H-pyrrole nitrogens is 1. The van der Waals surface area contributed by atoms with Crippen LogP contribution in [0.5, 0.6) is 5.75 Å². The third kappa shape index (κ3) is 4.00. The third-order valence-electron chi connectivity index (χ3n) is 5.13. The molecule has 1 aliphatic heterocycles. The molecule has 1 aliphatic rings. The highest BCUT2D eigenvalue weighted by atomic mass is 19.4. The predicted octanol–water partition coefficient (Wildman–Crippen LogP) is 4.21. The molecule has 1 saturated heterocycles. The fourth-order valence-electron chi connectivity index (χ4n) is 3.68. The summed E-state index contributed by atoms with van der Waals surface area (Å²) in [5, 5.41) is 7.11. The number of alkyl halides is 3. The molecule has 0 radical (unpaired) electrons. The van der Waals surface area contributed by atoms with Gasteiger partial charge < -0.3 is 20.4 Å². The third-order valence-corrected chi connectivity index (χ3v) is 5.13. The van der Waals surface area contributed by atoms with Crippen LogP contribution in [0.2, 0.25) is 0 Å². The second-order valence-electron chi connectivity index (χ2n) is 7.08. The first-order valence-electron chi connectivity index (χ1n) is 9.53. The maximum Gasteiger partial charge on any atom is 0.419 e. The van der Waals surface area contributed by atoms with Gasteiger partial charge in [-0.2, -0.15) is 13.2 Å². The van der Waals surface area contributed by atoms with Crippen LogP contribution in [0, 0.1) is 0 Å². The second kappa shape index (κ2) is 7.90. The first-order valence-corrected chi connectivity index (χ1v) is 9.53. The van der Waals surface area contributed by atoms with E-state index in [9.17, 15) is 13.2 Å². The van der Waals surface area contributed by atoms with Gasteiger partial charge in [0.05, 0.1) is 18.3 Å². The van der Waals surface area contributed by atoms with Crippen LogP contribution in [0.3, 0.4) is 0 Å². The SMILES string of the molecule is COc1cccc2c(-c3nc(N[C@H]4CCCCNC4)ncc3C(F)(F)F)c[nH]c12. The number of para-hydroxylation sites is 1. The van der Waals surface area contributed by atoms with Crippen LogP contribution in [0.4, 0.5) is 19.1 Å². The highest BCUT2D eigenvalue weighted by molar-refractivity contribution is 5.98. The number of rotatable bonds is 4. The molecule has 1 fully saturated rings. The van der Waals surface area contributed by atoms with E-state index in [4.69, 9.17) is 4.74 Å². The smallest absolute Gasteiger partial charge is 0.419 e. The van der Waals surface area contributed by atoms with E-state index >= 15 is 0 Å². The topological polar surface area (TPSA) is 74.9 Å². The summed E-state index contributed by atoms with van der Waals surface area (Å²) in [5.74, 6) is 0.748. The Morgan fingerprint density at radius 1 is 1.24 bits per heavy atom. The van der Waals surface area contributed by atoms with E-state index in [1.165, 1.54) is 13.3 Å². The quantitative estimate of drug-likeness (QED) is 0.607. The molecule has 9 heteroatoms. The predicted molar refractivity (Wildman–Crippen MR) is 105 cm³/mol. The van der Waals surface area contributed by atoms with Crippen LogP contribution < -0.4 is 15.4 Å². The molecule has 154 valence electrons. The molecule has 1 atom stereocenters. The van der Waals surface area contributed by atoms with Crippen LogP contribution >= 0.6 is 0 Å². The first kappa shape index (κ1) is 19.5. The Hall–Kier alpha value is -2.81. The number of benzene rings is 1. The van der Waals surface area contributed by atoms with Gasteiger partial charge >= 0.3 is 6.18 Å². The van der Waals surface area contributed by atoms with Crippen molar-refractivity contribution in [3.63, 3.8) is 0 Å². The summed E-state index contributed by atoms with van der Waals surface area (Å²) in [5.41, 5.74) is -0.0447. The maximum absolute atomic E-state index is 13.7. The van der Waals surface area contributed by atoms with Gasteiger partial charge in [0, 0.05) is 35.9 Å². The molecule has 6 nitrogen and oxygen atoms in total. The van der Waals surface area contributed by atoms with E-state index in [-0.39, 0.29) is 17.7 Å². The standard InChI is InChI=1S/C20H22F3N5O/c1-29-16-7-4-6-13-14(10-25-18(13)16)17-15(20(21,22)23)11-26-19(28-17)27-12-5-2-3-8-24-9-12/h4,6-7,10-12,24-25H,2-3,5,8-9H2,1H3,(H,26,27,28)/t12-/m0/s1. The van der Waals surface area contributed by atoms with E-state index < -0.39 is 11.7 Å². The summed E-state index contributed by atoms with van der Waals surface area (Å²) in [6.07, 6.45) is 0.849. The largest absolute Gasteiger partial charge is 0.495 e. The van der Waals surface area contributed by atoms with E-state index in [0.717, 1.165) is 38.5 Å². The lowest BCUT2D eigenvalue weighted by atomic mass is 10.1.